The number of anilines is 1. The normalized spacial score (nSPS) is 15.7. The average Bonchev–Trinajstić information content (AvgIpc) is 3.72. The molecule has 8 nitrogen and oxygen atoms in total. The van der Waals surface area contributed by atoms with Gasteiger partial charge in [-0.2, -0.15) is 0 Å². The molecule has 0 saturated heterocycles. The van der Waals surface area contributed by atoms with Gasteiger partial charge in [0.25, 0.3) is 0 Å². The van der Waals surface area contributed by atoms with Crippen LogP contribution in [0.5, 0.6) is 0 Å². The summed E-state index contributed by atoms with van der Waals surface area (Å²) in [5.74, 6) is -1.34. The number of hydrogen-bond donors (Lipinski definition) is 2. The number of halogens is 2. The molecule has 0 spiro atoms. The molecule has 44 heavy (non-hydrogen) atoms. The number of imidazole rings is 1. The van der Waals surface area contributed by atoms with E-state index in [2.05, 4.69) is 34.1 Å². The number of allylic oxidation sites excluding steroid dienone is 1. The molecule has 2 N–H and O–H groups in total. The number of fused-ring (bicyclic) bond motifs is 1. The maximum atomic E-state index is 16.0. The Balaban J connectivity index is 1.55. The summed E-state index contributed by atoms with van der Waals surface area (Å²) in [5, 5.41) is 6.43. The van der Waals surface area contributed by atoms with Gasteiger partial charge in [-0.25, -0.2) is 19.2 Å². The Kier molecular flexibility index (Phi) is 11.5. The van der Waals surface area contributed by atoms with Gasteiger partial charge < -0.3 is 19.9 Å². The van der Waals surface area contributed by atoms with Crippen LogP contribution in [-0.2, 0) is 16.1 Å². The molecule has 3 aromatic rings. The van der Waals surface area contributed by atoms with Gasteiger partial charge in [0.05, 0.1) is 36.1 Å². The minimum absolute atomic E-state index is 0.0427. The van der Waals surface area contributed by atoms with Gasteiger partial charge in [0.1, 0.15) is 11.0 Å². The number of methoxy groups -OCH3 is 1. The van der Waals surface area contributed by atoms with Gasteiger partial charge in [0, 0.05) is 24.4 Å². The van der Waals surface area contributed by atoms with E-state index in [9.17, 15) is 9.59 Å². The van der Waals surface area contributed by atoms with Crippen LogP contribution in [0, 0.1) is 31.6 Å². The molecule has 1 fully saturated rings. The Hall–Kier alpha value is -3.82. The zero-order valence-electron chi connectivity index (χ0n) is 25.8. The van der Waals surface area contributed by atoms with Crippen molar-refractivity contribution in [2.45, 2.75) is 59.0 Å². The van der Waals surface area contributed by atoms with Crippen molar-refractivity contribution in [3.63, 3.8) is 0 Å². The zero-order chi connectivity index (χ0) is 31.8. The quantitative estimate of drug-likeness (QED) is 0.107. The number of ether oxygens (including phenoxy) is 1. The van der Waals surface area contributed by atoms with Gasteiger partial charge in [-0.1, -0.05) is 37.2 Å². The van der Waals surface area contributed by atoms with E-state index in [0.29, 0.717) is 43.1 Å². The van der Waals surface area contributed by atoms with E-state index >= 15 is 4.39 Å². The molecule has 0 aliphatic heterocycles. The Morgan fingerprint density at radius 2 is 2.05 bits per heavy atom. The zero-order valence-corrected chi connectivity index (χ0v) is 26.5. The molecule has 0 bridgehead atoms. The molecule has 1 saturated carbocycles. The number of nitrogens with one attached hydrogen (secondary N) is 2. The average molecular weight is 622 g/mol. The number of rotatable bonds is 15. The van der Waals surface area contributed by atoms with Gasteiger partial charge in [0.2, 0.25) is 5.91 Å². The highest BCUT2D eigenvalue weighted by molar-refractivity contribution is 6.29. The standard InChI is InChI=1S/C34H41ClFN5O3/c1-21-7-6-8-26(17-21)40-33(42)32(38-19-25-9-10-25)28(29(36)13-15-37-24(4)35)18-22(2)14-16-41-20-39-31-23(3)27(34(43)44-5)11-12-30(31)41/h6-8,11-13,15,17,20,22,25,28,32,38H,4,9-10,14,16,18-19H2,1-3,5H3,(H,40,42)/b29-13-,37-15-/t22-,28?,32?/m0/s1. The minimum Gasteiger partial charge on any atom is -0.465 e. The fourth-order valence-corrected chi connectivity index (χ4v) is 5.44. The van der Waals surface area contributed by atoms with Crippen LogP contribution in [0.2, 0.25) is 0 Å². The Bertz CT molecular complexity index is 1560. The van der Waals surface area contributed by atoms with E-state index in [4.69, 9.17) is 16.3 Å². The van der Waals surface area contributed by atoms with Crippen LogP contribution in [0.3, 0.4) is 0 Å². The van der Waals surface area contributed by atoms with Crippen LogP contribution in [0.4, 0.5) is 10.1 Å². The molecule has 2 aromatic carbocycles. The third-order valence-electron chi connectivity index (χ3n) is 8.07. The van der Waals surface area contributed by atoms with Gasteiger partial charge >= 0.3 is 5.97 Å². The number of esters is 1. The number of amides is 1. The lowest BCUT2D eigenvalue weighted by atomic mass is 9.86. The van der Waals surface area contributed by atoms with Crippen LogP contribution >= 0.6 is 11.6 Å². The van der Waals surface area contributed by atoms with E-state index in [-0.39, 0.29) is 17.0 Å². The topological polar surface area (TPSA) is 97.6 Å². The first-order valence-corrected chi connectivity index (χ1v) is 15.3. The number of carbonyl (C=O) groups excluding carboxylic acids is 2. The van der Waals surface area contributed by atoms with E-state index < -0.39 is 23.8 Å². The predicted molar refractivity (Wildman–Crippen MR) is 175 cm³/mol. The first kappa shape index (κ1) is 33.1. The lowest BCUT2D eigenvalue weighted by molar-refractivity contribution is -0.119. The lowest BCUT2D eigenvalue weighted by Crippen LogP contribution is -2.47. The molecule has 1 heterocycles. The lowest BCUT2D eigenvalue weighted by Gasteiger charge is -2.29. The second-order valence-electron chi connectivity index (χ2n) is 11.7. The predicted octanol–water partition coefficient (Wildman–Crippen LogP) is 7.11. The van der Waals surface area contributed by atoms with Crippen molar-refractivity contribution in [3.05, 3.63) is 83.1 Å². The van der Waals surface area contributed by atoms with E-state index in [1.165, 1.54) is 19.4 Å². The van der Waals surface area contributed by atoms with Gasteiger partial charge in [-0.15, -0.1) is 0 Å². The summed E-state index contributed by atoms with van der Waals surface area (Å²) in [5.41, 5.74) is 4.58. The van der Waals surface area contributed by atoms with Crippen LogP contribution in [0.25, 0.3) is 11.0 Å². The second-order valence-corrected chi connectivity index (χ2v) is 12.1. The second kappa shape index (κ2) is 15.3. The van der Waals surface area contributed by atoms with Crippen LogP contribution in [-0.4, -0.2) is 47.3 Å². The third kappa shape index (κ3) is 8.86. The molecule has 234 valence electrons. The summed E-state index contributed by atoms with van der Waals surface area (Å²) in [6.45, 7) is 10.7. The maximum Gasteiger partial charge on any atom is 0.338 e. The van der Waals surface area contributed by atoms with E-state index in [1.54, 1.807) is 12.4 Å². The highest BCUT2D eigenvalue weighted by atomic mass is 35.5. The molecule has 4 rings (SSSR count). The van der Waals surface area contributed by atoms with E-state index in [1.807, 2.05) is 48.7 Å². The van der Waals surface area contributed by atoms with Gasteiger partial charge in [-0.3, -0.25) is 4.79 Å². The summed E-state index contributed by atoms with van der Waals surface area (Å²) in [6, 6.07) is 10.4. The molecular weight excluding hydrogens is 581 g/mol. The third-order valence-corrected chi connectivity index (χ3v) is 8.16. The summed E-state index contributed by atoms with van der Waals surface area (Å²) in [7, 11) is 1.36. The molecule has 1 aromatic heterocycles. The number of carbonyl (C=O) groups is 2. The van der Waals surface area contributed by atoms with Crippen molar-refractivity contribution in [1.29, 1.82) is 0 Å². The largest absolute Gasteiger partial charge is 0.465 e. The summed E-state index contributed by atoms with van der Waals surface area (Å²) < 4.78 is 22.9. The van der Waals surface area contributed by atoms with Crippen molar-refractivity contribution < 1.29 is 18.7 Å². The number of benzene rings is 2. The molecule has 0 radical (unpaired) electrons. The molecule has 1 amide bonds. The summed E-state index contributed by atoms with van der Waals surface area (Å²) in [6.07, 6.45) is 7.64. The minimum atomic E-state index is -0.795. The monoisotopic (exact) mass is 621 g/mol. The number of aromatic nitrogens is 2. The smallest absolute Gasteiger partial charge is 0.338 e. The molecule has 3 atom stereocenters. The first-order valence-electron chi connectivity index (χ1n) is 14.9. The maximum absolute atomic E-state index is 16.0. The van der Waals surface area contributed by atoms with Crippen molar-refractivity contribution in [2.24, 2.45) is 22.7 Å². The fourth-order valence-electron chi connectivity index (χ4n) is 5.39. The van der Waals surface area contributed by atoms with Gasteiger partial charge in [0.15, 0.2) is 0 Å². The summed E-state index contributed by atoms with van der Waals surface area (Å²) in [4.78, 5) is 34.3. The highest BCUT2D eigenvalue weighted by Crippen LogP contribution is 2.31. The van der Waals surface area contributed by atoms with E-state index in [0.717, 1.165) is 35.0 Å². The molecule has 10 heteroatoms. The van der Waals surface area contributed by atoms with Crippen molar-refractivity contribution in [3.8, 4) is 0 Å². The van der Waals surface area contributed by atoms with Crippen molar-refractivity contribution >= 4 is 46.4 Å². The fraction of sp³-hybridized carbons (Fsp3) is 0.412. The van der Waals surface area contributed by atoms with Crippen LogP contribution in [0.1, 0.15) is 54.1 Å². The Morgan fingerprint density at radius 3 is 2.73 bits per heavy atom. The number of aliphatic imine (C=N–C) groups is 1. The van der Waals surface area contributed by atoms with Crippen LogP contribution in [0.15, 0.2) is 71.4 Å². The Morgan fingerprint density at radius 1 is 1.27 bits per heavy atom. The van der Waals surface area contributed by atoms with Crippen molar-refractivity contribution in [1.82, 2.24) is 14.9 Å². The SMILES string of the molecule is C=C(Cl)/N=C\C=C(/F)C(C[C@@H](C)CCn1cnc2c(C)c(C(=O)OC)ccc21)C(NCC1CC1)C(=O)Nc1cccc(C)c1. The molecule has 2 unspecified atom stereocenters. The number of hydrogen-bond acceptors (Lipinski definition) is 6. The number of nitrogens with zero attached hydrogens (tertiary/aromatic N) is 3. The Labute approximate surface area is 263 Å². The summed E-state index contributed by atoms with van der Waals surface area (Å²) >= 11 is 5.75. The molecular formula is C34H41ClFN5O3. The molecule has 1 aliphatic carbocycles. The molecule has 1 aliphatic rings. The van der Waals surface area contributed by atoms with Crippen LogP contribution < -0.4 is 10.6 Å². The number of aryl methyl sites for hydroxylation is 3. The first-order chi connectivity index (χ1) is 21.1. The van der Waals surface area contributed by atoms with Crippen molar-refractivity contribution in [2.75, 3.05) is 19.0 Å². The highest BCUT2D eigenvalue weighted by Gasteiger charge is 2.34. The van der Waals surface area contributed by atoms with Gasteiger partial charge in [-0.05, 0) is 99.4 Å².